The van der Waals surface area contributed by atoms with Crippen molar-refractivity contribution in [1.29, 1.82) is 0 Å². The lowest BCUT2D eigenvalue weighted by molar-refractivity contribution is -0.274. The zero-order valence-corrected chi connectivity index (χ0v) is 25.6. The zero-order valence-electron chi connectivity index (χ0n) is 25.6. The van der Waals surface area contributed by atoms with Crippen molar-refractivity contribution in [2.75, 3.05) is 6.54 Å². The van der Waals surface area contributed by atoms with Crippen LogP contribution in [0.1, 0.15) is 91.4 Å². The monoisotopic (exact) mass is 639 g/mol. The summed E-state index contributed by atoms with van der Waals surface area (Å²) < 4.78 is 51.3. The number of pyridine rings is 1. The third-order valence-corrected chi connectivity index (χ3v) is 9.58. The van der Waals surface area contributed by atoms with Gasteiger partial charge in [0.1, 0.15) is 17.1 Å². The van der Waals surface area contributed by atoms with Gasteiger partial charge in [-0.05, 0) is 74.8 Å². The summed E-state index contributed by atoms with van der Waals surface area (Å²) >= 11 is 0. The molecule has 0 unspecified atom stereocenters. The molecule has 3 aliphatic rings. The Morgan fingerprint density at radius 3 is 2.50 bits per heavy atom. The molecule has 1 spiro atoms. The summed E-state index contributed by atoms with van der Waals surface area (Å²) in [5.41, 5.74) is 1.21. The van der Waals surface area contributed by atoms with Crippen molar-refractivity contribution in [2.45, 2.75) is 100 Å². The molecule has 0 saturated heterocycles. The number of hydrogen-bond donors (Lipinski definition) is 3. The molecule has 2 saturated carbocycles. The lowest BCUT2D eigenvalue weighted by Gasteiger charge is -2.41. The minimum Gasteiger partial charge on any atom is -0.487 e. The summed E-state index contributed by atoms with van der Waals surface area (Å²) in [6.45, 7) is 0.0594. The fourth-order valence-electron chi connectivity index (χ4n) is 7.27. The average molecular weight is 640 g/mol. The third kappa shape index (κ3) is 7.58. The van der Waals surface area contributed by atoms with E-state index < -0.39 is 36.1 Å². The quantitative estimate of drug-likeness (QED) is 0.252. The molecular formula is C35H40F3N3O5. The van der Waals surface area contributed by atoms with E-state index in [0.717, 1.165) is 56.9 Å². The molecule has 0 bridgehead atoms. The van der Waals surface area contributed by atoms with Gasteiger partial charge in [0.15, 0.2) is 0 Å². The second-order valence-corrected chi connectivity index (χ2v) is 12.8. The third-order valence-electron chi connectivity index (χ3n) is 9.58. The molecule has 246 valence electrons. The molecule has 2 fully saturated rings. The SMILES string of the molecule is O=C(N[C@@H](Cc1ccccc1)[C@H](O)CN[C@H]1CC2(CCCC2)Oc2ccc(OC(F)(F)F)cc21)c1ccc(=O)n(C2CCCC2)c1. The van der Waals surface area contributed by atoms with Crippen LogP contribution in [0.2, 0.25) is 0 Å². The largest absolute Gasteiger partial charge is 0.573 e. The molecule has 3 aromatic rings. The Hall–Kier alpha value is -3.83. The van der Waals surface area contributed by atoms with Gasteiger partial charge in [0, 0.05) is 42.9 Å². The molecule has 1 aliphatic heterocycles. The topological polar surface area (TPSA) is 102 Å². The van der Waals surface area contributed by atoms with E-state index >= 15 is 0 Å². The summed E-state index contributed by atoms with van der Waals surface area (Å²) in [6.07, 6.45) is 4.15. The van der Waals surface area contributed by atoms with Crippen molar-refractivity contribution < 1.29 is 32.5 Å². The number of aliphatic hydroxyl groups is 1. The van der Waals surface area contributed by atoms with Gasteiger partial charge in [-0.15, -0.1) is 13.2 Å². The van der Waals surface area contributed by atoms with Crippen LogP contribution in [0.5, 0.6) is 11.5 Å². The van der Waals surface area contributed by atoms with Crippen LogP contribution in [-0.2, 0) is 6.42 Å². The predicted octanol–water partition coefficient (Wildman–Crippen LogP) is 5.99. The van der Waals surface area contributed by atoms with Gasteiger partial charge in [-0.1, -0.05) is 43.2 Å². The lowest BCUT2D eigenvalue weighted by Crippen LogP contribution is -2.50. The number of nitrogens with one attached hydrogen (secondary N) is 2. The smallest absolute Gasteiger partial charge is 0.487 e. The number of carbonyl (C=O) groups is 1. The second-order valence-electron chi connectivity index (χ2n) is 12.8. The lowest BCUT2D eigenvalue weighted by atomic mass is 9.85. The van der Waals surface area contributed by atoms with E-state index in [1.54, 1.807) is 10.8 Å². The van der Waals surface area contributed by atoms with E-state index in [4.69, 9.17) is 4.74 Å². The Kier molecular flexibility index (Phi) is 9.42. The average Bonchev–Trinajstić information content (AvgIpc) is 3.72. The Bertz CT molecular complexity index is 1570. The highest BCUT2D eigenvalue weighted by atomic mass is 19.4. The van der Waals surface area contributed by atoms with Crippen molar-refractivity contribution in [2.24, 2.45) is 0 Å². The van der Waals surface area contributed by atoms with Crippen molar-refractivity contribution >= 4 is 5.91 Å². The number of amides is 1. The number of hydrogen-bond acceptors (Lipinski definition) is 6. The Morgan fingerprint density at radius 1 is 1.04 bits per heavy atom. The molecule has 11 heteroatoms. The summed E-state index contributed by atoms with van der Waals surface area (Å²) in [5, 5.41) is 17.9. The molecule has 0 radical (unpaired) electrons. The highest BCUT2D eigenvalue weighted by molar-refractivity contribution is 5.94. The van der Waals surface area contributed by atoms with Crippen LogP contribution in [-0.4, -0.2) is 46.2 Å². The van der Waals surface area contributed by atoms with E-state index in [2.05, 4.69) is 15.4 Å². The zero-order chi connectivity index (χ0) is 32.3. The van der Waals surface area contributed by atoms with Crippen molar-refractivity contribution in [3.63, 3.8) is 0 Å². The fourth-order valence-corrected chi connectivity index (χ4v) is 7.27. The summed E-state index contributed by atoms with van der Waals surface area (Å²) in [4.78, 5) is 26.1. The van der Waals surface area contributed by atoms with Crippen LogP contribution in [0.4, 0.5) is 13.2 Å². The number of nitrogens with zero attached hydrogens (tertiary/aromatic N) is 1. The van der Waals surface area contributed by atoms with Crippen molar-refractivity contribution in [3.8, 4) is 11.5 Å². The maximum atomic E-state index is 13.5. The molecule has 2 aliphatic carbocycles. The van der Waals surface area contributed by atoms with Crippen LogP contribution in [0.15, 0.2) is 71.7 Å². The number of carbonyl (C=O) groups excluding carboxylic acids is 1. The molecule has 2 aromatic carbocycles. The number of benzene rings is 2. The van der Waals surface area contributed by atoms with E-state index in [9.17, 15) is 27.9 Å². The number of aliphatic hydroxyl groups excluding tert-OH is 1. The van der Waals surface area contributed by atoms with Gasteiger partial charge in [-0.3, -0.25) is 9.59 Å². The number of halogens is 3. The number of fused-ring (bicyclic) bond motifs is 1. The first-order chi connectivity index (χ1) is 22.1. The Morgan fingerprint density at radius 2 is 1.78 bits per heavy atom. The van der Waals surface area contributed by atoms with Crippen molar-refractivity contribution in [3.05, 3.63) is 93.9 Å². The minimum absolute atomic E-state index is 0.0594. The van der Waals surface area contributed by atoms with Crippen LogP contribution in [0.25, 0.3) is 0 Å². The second kappa shape index (κ2) is 13.5. The van der Waals surface area contributed by atoms with Crippen molar-refractivity contribution in [1.82, 2.24) is 15.2 Å². The van der Waals surface area contributed by atoms with Gasteiger partial charge >= 0.3 is 6.36 Å². The van der Waals surface area contributed by atoms with E-state index in [1.165, 1.54) is 30.3 Å². The normalized spacial score (nSPS) is 20.6. The van der Waals surface area contributed by atoms with Crippen LogP contribution < -0.4 is 25.7 Å². The van der Waals surface area contributed by atoms with Gasteiger partial charge < -0.3 is 29.8 Å². The molecule has 6 rings (SSSR count). The molecule has 3 atom stereocenters. The standard InChI is InChI=1S/C35H40F3N3O5/c36-35(37,38)45-26-13-14-31-27(19-26)29(20-34(46-31)16-6-7-17-34)39-21-30(42)28(18-23-8-2-1-3-9-23)40-33(44)24-12-15-32(43)41(22-24)25-10-4-5-11-25/h1-3,8-9,12-15,19,22,25,28-30,39,42H,4-7,10-11,16-18,20-21H2,(H,40,44)/t28-,29-,30+/m0/s1. The van der Waals surface area contributed by atoms with Crippen LogP contribution in [0, 0.1) is 0 Å². The molecule has 46 heavy (non-hydrogen) atoms. The molecule has 1 amide bonds. The highest BCUT2D eigenvalue weighted by Gasteiger charge is 2.44. The summed E-state index contributed by atoms with van der Waals surface area (Å²) in [7, 11) is 0. The summed E-state index contributed by atoms with van der Waals surface area (Å²) in [5.74, 6) is -0.235. The molecule has 8 nitrogen and oxygen atoms in total. The first-order valence-electron chi connectivity index (χ1n) is 16.1. The number of alkyl halides is 3. The first-order valence-corrected chi connectivity index (χ1v) is 16.1. The Labute approximate surface area is 265 Å². The first kappa shape index (κ1) is 32.1. The minimum atomic E-state index is -4.83. The maximum Gasteiger partial charge on any atom is 0.573 e. The van der Waals surface area contributed by atoms with Gasteiger partial charge in [0.2, 0.25) is 0 Å². The molecule has 3 N–H and O–H groups in total. The molecular weight excluding hydrogens is 599 g/mol. The van der Waals surface area contributed by atoms with Gasteiger partial charge in [0.25, 0.3) is 11.5 Å². The van der Waals surface area contributed by atoms with E-state index in [1.807, 2.05) is 30.3 Å². The fraction of sp³-hybridized carbons (Fsp3) is 0.486. The number of aromatic nitrogens is 1. The summed E-state index contributed by atoms with van der Waals surface area (Å²) in [6, 6.07) is 15.5. The predicted molar refractivity (Wildman–Crippen MR) is 166 cm³/mol. The maximum absolute atomic E-state index is 13.5. The molecule has 2 heterocycles. The Balaban J connectivity index is 1.21. The van der Waals surface area contributed by atoms with E-state index in [0.29, 0.717) is 29.7 Å². The van der Waals surface area contributed by atoms with Crippen LogP contribution in [0.3, 0.4) is 0 Å². The molecule has 1 aromatic heterocycles. The van der Waals surface area contributed by atoms with Gasteiger partial charge in [0.05, 0.1) is 17.7 Å². The number of ether oxygens (including phenoxy) is 2. The van der Waals surface area contributed by atoms with E-state index in [-0.39, 0.29) is 23.9 Å². The highest BCUT2D eigenvalue weighted by Crippen LogP contribution is 2.48. The van der Waals surface area contributed by atoms with Gasteiger partial charge in [-0.2, -0.15) is 0 Å². The number of rotatable bonds is 10. The van der Waals surface area contributed by atoms with Gasteiger partial charge in [-0.25, -0.2) is 0 Å². The van der Waals surface area contributed by atoms with Crippen LogP contribution >= 0.6 is 0 Å².